The summed E-state index contributed by atoms with van der Waals surface area (Å²) in [4.78, 5) is 14.9. The smallest absolute Gasteiger partial charge is 0.407 e. The normalized spacial score (nSPS) is 20.5. The number of hydrogen-bond donors (Lipinski definition) is 1. The van der Waals surface area contributed by atoms with Crippen molar-refractivity contribution < 1.29 is 9.90 Å². The van der Waals surface area contributed by atoms with Crippen LogP contribution in [0.25, 0.3) is 0 Å². The molecule has 2 aliphatic heterocycles. The van der Waals surface area contributed by atoms with Crippen LogP contribution in [0.1, 0.15) is 24.8 Å². The van der Waals surface area contributed by atoms with Crippen molar-refractivity contribution in [2.24, 2.45) is 5.41 Å². The van der Waals surface area contributed by atoms with Gasteiger partial charge in [-0.3, -0.25) is 0 Å². The Morgan fingerprint density at radius 3 is 2.29 bits per heavy atom. The third-order valence-corrected chi connectivity index (χ3v) is 4.89. The summed E-state index contributed by atoms with van der Waals surface area (Å²) >= 11 is 0. The highest BCUT2D eigenvalue weighted by molar-refractivity contribution is 5.65. The van der Waals surface area contributed by atoms with E-state index in [4.69, 9.17) is 10.4 Å². The average Bonchev–Trinajstić information content (AvgIpc) is 2.92. The second kappa shape index (κ2) is 5.28. The van der Waals surface area contributed by atoms with Crippen molar-refractivity contribution in [3.05, 3.63) is 29.8 Å². The van der Waals surface area contributed by atoms with Crippen LogP contribution in [0.5, 0.6) is 0 Å². The third kappa shape index (κ3) is 2.66. The molecule has 110 valence electrons. The van der Waals surface area contributed by atoms with Gasteiger partial charge < -0.3 is 14.9 Å². The van der Waals surface area contributed by atoms with Gasteiger partial charge in [0.05, 0.1) is 11.6 Å². The second-order valence-electron chi connectivity index (χ2n) is 6.10. The van der Waals surface area contributed by atoms with E-state index in [1.54, 1.807) is 4.90 Å². The Bertz CT molecular complexity index is 568. The maximum Gasteiger partial charge on any atom is 0.407 e. The third-order valence-electron chi connectivity index (χ3n) is 4.89. The Kier molecular flexibility index (Phi) is 3.46. The van der Waals surface area contributed by atoms with Gasteiger partial charge in [0.15, 0.2) is 0 Å². The van der Waals surface area contributed by atoms with Gasteiger partial charge in [-0.05, 0) is 48.9 Å². The molecule has 2 fully saturated rings. The van der Waals surface area contributed by atoms with Crippen LogP contribution < -0.4 is 4.90 Å². The van der Waals surface area contributed by atoms with Crippen molar-refractivity contribution in [2.75, 3.05) is 31.1 Å². The molecule has 0 radical (unpaired) electrons. The monoisotopic (exact) mass is 285 g/mol. The summed E-state index contributed by atoms with van der Waals surface area (Å²) < 4.78 is 0. The van der Waals surface area contributed by atoms with Crippen LogP contribution in [0.3, 0.4) is 0 Å². The molecule has 0 aliphatic carbocycles. The van der Waals surface area contributed by atoms with Crippen molar-refractivity contribution in [1.29, 1.82) is 5.26 Å². The van der Waals surface area contributed by atoms with Gasteiger partial charge in [0, 0.05) is 31.9 Å². The molecule has 1 N–H and O–H groups in total. The van der Waals surface area contributed by atoms with Crippen molar-refractivity contribution >= 4 is 11.8 Å². The highest BCUT2D eigenvalue weighted by Crippen LogP contribution is 2.41. The Morgan fingerprint density at radius 1 is 1.14 bits per heavy atom. The number of hydrogen-bond acceptors (Lipinski definition) is 3. The lowest BCUT2D eigenvalue weighted by Crippen LogP contribution is -2.42. The van der Waals surface area contributed by atoms with Crippen LogP contribution in [-0.2, 0) is 0 Å². The minimum atomic E-state index is -0.790. The number of carboxylic acid groups (broad SMARTS) is 1. The maximum absolute atomic E-state index is 11.1. The molecule has 0 unspecified atom stereocenters. The second-order valence-corrected chi connectivity index (χ2v) is 6.10. The summed E-state index contributed by atoms with van der Waals surface area (Å²) in [5.41, 5.74) is 2.01. The summed E-state index contributed by atoms with van der Waals surface area (Å²) in [6, 6.07) is 9.82. The molecule has 5 nitrogen and oxygen atoms in total. The van der Waals surface area contributed by atoms with Crippen LogP contribution in [0.15, 0.2) is 24.3 Å². The molecule has 2 aliphatic rings. The lowest BCUT2D eigenvalue weighted by molar-refractivity contribution is 0.144. The van der Waals surface area contributed by atoms with E-state index in [1.807, 2.05) is 24.3 Å². The first-order chi connectivity index (χ1) is 10.1. The van der Waals surface area contributed by atoms with E-state index in [9.17, 15) is 4.79 Å². The van der Waals surface area contributed by atoms with Gasteiger partial charge in [0.2, 0.25) is 0 Å². The standard InChI is InChI=1S/C16H19N3O2/c17-11-13-1-3-14(4-2-13)18-8-5-16(6-9-18)7-10-19(12-16)15(20)21/h1-4H,5-10,12H2,(H,20,21). The summed E-state index contributed by atoms with van der Waals surface area (Å²) in [5.74, 6) is 0. The van der Waals surface area contributed by atoms with Gasteiger partial charge in [-0.25, -0.2) is 4.79 Å². The molecule has 1 spiro atoms. The average molecular weight is 285 g/mol. The number of carbonyl (C=O) groups is 1. The molecule has 0 aromatic heterocycles. The van der Waals surface area contributed by atoms with E-state index in [1.165, 1.54) is 0 Å². The van der Waals surface area contributed by atoms with E-state index in [2.05, 4.69) is 11.0 Å². The summed E-state index contributed by atoms with van der Waals surface area (Å²) in [6.45, 7) is 3.27. The van der Waals surface area contributed by atoms with Crippen LogP contribution >= 0.6 is 0 Å². The number of rotatable bonds is 1. The zero-order valence-corrected chi connectivity index (χ0v) is 12.0. The number of amides is 1. The quantitative estimate of drug-likeness (QED) is 0.861. The first-order valence-electron chi connectivity index (χ1n) is 7.35. The first-order valence-corrected chi connectivity index (χ1v) is 7.35. The molecule has 1 aromatic carbocycles. The van der Waals surface area contributed by atoms with Gasteiger partial charge in [0.25, 0.3) is 0 Å². The van der Waals surface area contributed by atoms with Gasteiger partial charge in [0.1, 0.15) is 0 Å². The fourth-order valence-electron chi connectivity index (χ4n) is 3.49. The van der Waals surface area contributed by atoms with Crippen molar-refractivity contribution in [3.8, 4) is 6.07 Å². The van der Waals surface area contributed by atoms with E-state index in [0.717, 1.165) is 38.0 Å². The molecule has 2 heterocycles. The van der Waals surface area contributed by atoms with Crippen LogP contribution in [0.2, 0.25) is 0 Å². The highest BCUT2D eigenvalue weighted by Gasteiger charge is 2.42. The summed E-state index contributed by atoms with van der Waals surface area (Å²) in [6.07, 6.45) is 2.27. The van der Waals surface area contributed by atoms with Gasteiger partial charge in [-0.15, -0.1) is 0 Å². The fraction of sp³-hybridized carbons (Fsp3) is 0.500. The molecule has 0 atom stereocenters. The van der Waals surface area contributed by atoms with E-state index in [0.29, 0.717) is 18.7 Å². The van der Waals surface area contributed by atoms with Gasteiger partial charge in [-0.2, -0.15) is 5.26 Å². The van der Waals surface area contributed by atoms with Crippen LogP contribution in [0, 0.1) is 16.7 Å². The Labute approximate surface area is 124 Å². The molecule has 2 saturated heterocycles. The number of piperidine rings is 1. The fourth-order valence-corrected chi connectivity index (χ4v) is 3.49. The Balaban J connectivity index is 1.63. The van der Waals surface area contributed by atoms with E-state index >= 15 is 0 Å². The topological polar surface area (TPSA) is 67.6 Å². The molecule has 1 aromatic rings. The minimum Gasteiger partial charge on any atom is -0.465 e. The lowest BCUT2D eigenvalue weighted by atomic mass is 9.77. The Hall–Kier alpha value is -2.22. The number of anilines is 1. The van der Waals surface area contributed by atoms with Crippen molar-refractivity contribution in [3.63, 3.8) is 0 Å². The van der Waals surface area contributed by atoms with E-state index < -0.39 is 6.09 Å². The molecular formula is C16H19N3O2. The molecule has 21 heavy (non-hydrogen) atoms. The number of likely N-dealkylation sites (tertiary alicyclic amines) is 1. The first kappa shape index (κ1) is 13.7. The number of nitrogens with zero attached hydrogens (tertiary/aromatic N) is 3. The highest BCUT2D eigenvalue weighted by atomic mass is 16.4. The molecule has 0 saturated carbocycles. The van der Waals surface area contributed by atoms with E-state index in [-0.39, 0.29) is 5.41 Å². The summed E-state index contributed by atoms with van der Waals surface area (Å²) in [5, 5.41) is 17.9. The largest absolute Gasteiger partial charge is 0.465 e. The van der Waals surface area contributed by atoms with Crippen molar-refractivity contribution in [2.45, 2.75) is 19.3 Å². The zero-order chi connectivity index (χ0) is 14.9. The minimum absolute atomic E-state index is 0.182. The Morgan fingerprint density at radius 2 is 1.76 bits per heavy atom. The number of nitriles is 1. The predicted octanol–water partition coefficient (Wildman–Crippen LogP) is 2.53. The van der Waals surface area contributed by atoms with Crippen molar-refractivity contribution in [1.82, 2.24) is 4.90 Å². The molecule has 5 heteroatoms. The van der Waals surface area contributed by atoms with Gasteiger partial charge in [-0.1, -0.05) is 0 Å². The van der Waals surface area contributed by atoms with Crippen LogP contribution in [0.4, 0.5) is 10.5 Å². The molecule has 0 bridgehead atoms. The zero-order valence-electron chi connectivity index (χ0n) is 12.0. The van der Waals surface area contributed by atoms with Crippen LogP contribution in [-0.4, -0.2) is 42.3 Å². The molecule has 1 amide bonds. The number of benzene rings is 1. The summed E-state index contributed by atoms with van der Waals surface area (Å²) in [7, 11) is 0. The molecule has 3 rings (SSSR count). The van der Waals surface area contributed by atoms with Gasteiger partial charge >= 0.3 is 6.09 Å². The SMILES string of the molecule is N#Cc1ccc(N2CCC3(CCN(C(=O)O)C3)CC2)cc1. The maximum atomic E-state index is 11.1. The lowest BCUT2D eigenvalue weighted by Gasteiger charge is -2.40. The predicted molar refractivity (Wildman–Crippen MR) is 79.3 cm³/mol. The molecular weight excluding hydrogens is 266 g/mol.